The number of aromatic nitrogens is 4. The number of benzene rings is 8. The summed E-state index contributed by atoms with van der Waals surface area (Å²) in [7, 11) is -14.6. The molecule has 0 bridgehead atoms. The number of hydrogen-bond donors (Lipinski definition) is 8. The number of para-hydroxylation sites is 4. The number of alkyl halides is 3. The predicted molar refractivity (Wildman–Crippen MR) is 426 cm³/mol. The molecule has 0 atom stereocenters. The summed E-state index contributed by atoms with van der Waals surface area (Å²) in [5, 5.41) is 4.13. The molecule has 0 fully saturated rings. The third-order valence-corrected chi connectivity index (χ3v) is 19.4. The quantitative estimate of drug-likeness (QED) is 0.0211. The Labute approximate surface area is 652 Å². The number of amides is 4. The molecule has 0 saturated heterocycles. The first-order valence-corrected chi connectivity index (χ1v) is 43.0. The Kier molecular flexibility index (Phi) is 28.8. The van der Waals surface area contributed by atoms with Crippen LogP contribution in [-0.2, 0) is 72.0 Å². The predicted octanol–water partition coefficient (Wildman–Crippen LogP) is 14.2. The third-order valence-electron chi connectivity index (χ3n) is 16.4. The highest BCUT2D eigenvalue weighted by Crippen LogP contribution is 2.32. The first-order valence-electron chi connectivity index (χ1n) is 34.3. The van der Waals surface area contributed by atoms with Crippen LogP contribution in [0.5, 0.6) is 23.0 Å². The largest absolute Gasteiger partial charge is 0.494 e. The Bertz CT molecular complexity index is 5590. The van der Waals surface area contributed by atoms with E-state index in [1.54, 1.807) is 42.5 Å². The zero-order valence-corrected chi connectivity index (χ0v) is 66.1. The second-order valence-corrected chi connectivity index (χ2v) is 33.8. The fourth-order valence-electron chi connectivity index (χ4n) is 11.8. The number of ether oxygens (including phenoxy) is 4. The molecule has 0 unspecified atom stereocenters. The van der Waals surface area contributed by atoms with Crippen molar-refractivity contribution in [1.82, 2.24) is 38.8 Å². The van der Waals surface area contributed by atoms with E-state index >= 15 is 0 Å². The molecule has 12 aromatic rings. The Balaban J connectivity index is 0.000000170. The second kappa shape index (κ2) is 37.9. The van der Waals surface area contributed by atoms with Gasteiger partial charge >= 0.3 is 6.18 Å². The maximum Gasteiger partial charge on any atom is 0.416 e. The average Bonchev–Trinajstić information content (AvgIpc) is 1.66. The minimum absolute atomic E-state index is 0.149. The van der Waals surface area contributed by atoms with Crippen LogP contribution >= 0.6 is 27.5 Å². The first-order chi connectivity index (χ1) is 52.5. The zero-order chi connectivity index (χ0) is 80.3. The lowest BCUT2D eigenvalue weighted by Crippen LogP contribution is -2.30. The molecule has 0 aliphatic heterocycles. The molecule has 4 amide bonds. The summed E-state index contributed by atoms with van der Waals surface area (Å²) >= 11 is 9.23. The monoisotopic (exact) mass is 1680 g/mol. The number of halogens is 5. The Morgan fingerprint density at radius 3 is 0.928 bits per heavy atom. The molecule has 0 spiro atoms. The van der Waals surface area contributed by atoms with Gasteiger partial charge in [0.2, 0.25) is 40.1 Å². The minimum atomic E-state index is -4.41. The molecule has 0 aliphatic carbocycles. The maximum atomic E-state index is 12.6. The minimum Gasteiger partial charge on any atom is -0.494 e. The van der Waals surface area contributed by atoms with Gasteiger partial charge < -0.3 is 38.9 Å². The molecule has 586 valence electrons. The van der Waals surface area contributed by atoms with Gasteiger partial charge in [-0.15, -0.1) is 0 Å². The Morgan fingerprint density at radius 2 is 0.649 bits per heavy atom. The van der Waals surface area contributed by atoms with Gasteiger partial charge in [0, 0.05) is 53.1 Å². The van der Waals surface area contributed by atoms with E-state index in [0.717, 1.165) is 113 Å². The molecule has 111 heavy (non-hydrogen) atoms. The number of carbonyl (C=O) groups excluding carboxylic acids is 4. The van der Waals surface area contributed by atoms with Crippen molar-refractivity contribution in [2.75, 3.05) is 51.5 Å². The summed E-state index contributed by atoms with van der Waals surface area (Å²) in [6.45, 7) is 3.64. The van der Waals surface area contributed by atoms with Crippen LogP contribution in [0.15, 0.2) is 199 Å². The van der Waals surface area contributed by atoms with Gasteiger partial charge in [-0.3, -0.25) is 19.2 Å². The lowest BCUT2D eigenvalue weighted by molar-refractivity contribution is -0.137. The standard InChI is InChI=1S/C20H19F3N2O4S.C20H22N2O4S.C19H19BrN2O4S.C19H19ClN2O4S/c1-30(27,28)25-19(26)18-16(15-5-2-3-7-17(15)24-18)6-4-12-29-14-10-8-13(9-11-14)20(21,22)23;1-14-7-5-8-15(13-14)26-12-6-10-17-16-9-3-4-11-18(16)21-19(17)20(23)22-27(2,24)25;2*1-27(24,25)22-19(23)18-16(15-5-2-3-7-17(15)21-18)6-4-12-26-14-10-8-13(20)9-11-14/h2-3,5,7-11,24H,4,6,12H2,1H3,(H,25,26);3-5,7-9,11,13,21H,6,10,12H2,1-2H3,(H,22,23);2*2-3,5,7-11,21H,4,6,12H2,1H3,(H,22,23). The van der Waals surface area contributed by atoms with Gasteiger partial charge in [0.1, 0.15) is 45.8 Å². The Morgan fingerprint density at radius 1 is 0.378 bits per heavy atom. The van der Waals surface area contributed by atoms with Crippen LogP contribution in [0.3, 0.4) is 0 Å². The molecule has 24 nitrogen and oxygen atoms in total. The summed E-state index contributed by atoms with van der Waals surface area (Å²) in [6, 6.07) is 56.6. The smallest absolute Gasteiger partial charge is 0.416 e. The van der Waals surface area contributed by atoms with Gasteiger partial charge in [0.15, 0.2) is 0 Å². The average molecular weight is 1690 g/mol. The van der Waals surface area contributed by atoms with E-state index in [1.807, 2.05) is 153 Å². The topological polar surface area (TPSA) is 353 Å². The fourth-order valence-corrected chi connectivity index (χ4v) is 13.9. The van der Waals surface area contributed by atoms with Crippen LogP contribution in [0.1, 0.15) is 101 Å². The molecular weight excluding hydrogens is 1610 g/mol. The van der Waals surface area contributed by atoms with E-state index in [4.69, 9.17) is 30.5 Å². The Hall–Kier alpha value is -10.6. The zero-order valence-electron chi connectivity index (χ0n) is 60.5. The summed E-state index contributed by atoms with van der Waals surface area (Å²) < 4.78 is 161. The number of nitrogens with one attached hydrogen (secondary N) is 8. The van der Waals surface area contributed by atoms with Gasteiger partial charge in [0.25, 0.3) is 23.6 Å². The molecule has 4 heterocycles. The highest BCUT2D eigenvalue weighted by atomic mass is 79.9. The van der Waals surface area contributed by atoms with E-state index in [0.29, 0.717) is 98.8 Å². The number of rotatable bonds is 28. The van der Waals surface area contributed by atoms with Crippen molar-refractivity contribution in [2.45, 2.75) is 64.5 Å². The molecule has 12 rings (SSSR count). The van der Waals surface area contributed by atoms with Gasteiger partial charge in [-0.05, 0) is 195 Å². The number of carbonyl (C=O) groups is 4. The number of aromatic amines is 4. The number of H-pyrrole nitrogens is 4. The summed E-state index contributed by atoms with van der Waals surface area (Å²) in [5.41, 5.74) is 7.37. The van der Waals surface area contributed by atoms with Crippen LogP contribution in [0, 0.1) is 6.92 Å². The van der Waals surface area contributed by atoms with E-state index in [-0.39, 0.29) is 29.4 Å². The lowest BCUT2D eigenvalue weighted by atomic mass is 10.1. The summed E-state index contributed by atoms with van der Waals surface area (Å²) in [5.74, 6) is -0.128. The van der Waals surface area contributed by atoms with Crippen LogP contribution in [-0.4, -0.2) is 129 Å². The van der Waals surface area contributed by atoms with Gasteiger partial charge in [-0.1, -0.05) is 112 Å². The van der Waals surface area contributed by atoms with Crippen molar-refractivity contribution < 1.29 is 85.0 Å². The maximum absolute atomic E-state index is 12.6. The molecular formula is C78H79BrClF3N8O16S4. The van der Waals surface area contributed by atoms with Crippen molar-refractivity contribution in [1.29, 1.82) is 0 Å². The first kappa shape index (κ1) is 84.4. The van der Waals surface area contributed by atoms with E-state index in [2.05, 4.69) is 35.9 Å². The van der Waals surface area contributed by atoms with Gasteiger partial charge in [-0.2, -0.15) is 13.2 Å². The summed E-state index contributed by atoms with van der Waals surface area (Å²) in [6.07, 6.45) is 3.96. The van der Waals surface area contributed by atoms with Gasteiger partial charge in [-0.25, -0.2) is 52.6 Å². The number of hydrogen-bond acceptors (Lipinski definition) is 16. The van der Waals surface area contributed by atoms with Crippen molar-refractivity contribution in [3.05, 3.63) is 260 Å². The SMILES string of the molecule is CS(=O)(=O)NC(=O)c1[nH]c2ccccc2c1CCCOc1ccc(Br)cc1.CS(=O)(=O)NC(=O)c1[nH]c2ccccc2c1CCCOc1ccc(C(F)(F)F)cc1.CS(=O)(=O)NC(=O)c1[nH]c2ccccc2c1CCCOc1ccc(Cl)cc1.Cc1cccc(OCCCc2c(C(=O)NS(C)(=O)=O)[nH]c3ccccc23)c1. The molecule has 8 aromatic carbocycles. The van der Waals surface area contributed by atoms with E-state index < -0.39 is 75.5 Å². The van der Waals surface area contributed by atoms with Crippen LogP contribution < -0.4 is 37.8 Å². The highest BCUT2D eigenvalue weighted by molar-refractivity contribution is 9.10. The van der Waals surface area contributed by atoms with E-state index in [9.17, 15) is 66.0 Å². The van der Waals surface area contributed by atoms with Crippen molar-refractivity contribution in [3.63, 3.8) is 0 Å². The molecule has 4 aromatic heterocycles. The van der Waals surface area contributed by atoms with Crippen molar-refractivity contribution in [2.24, 2.45) is 0 Å². The van der Waals surface area contributed by atoms with E-state index in [1.165, 1.54) is 12.1 Å². The van der Waals surface area contributed by atoms with Crippen LogP contribution in [0.25, 0.3) is 43.6 Å². The molecule has 0 aliphatic rings. The lowest BCUT2D eigenvalue weighted by Gasteiger charge is -2.10. The highest BCUT2D eigenvalue weighted by Gasteiger charge is 2.30. The van der Waals surface area contributed by atoms with Crippen LogP contribution in [0.2, 0.25) is 5.02 Å². The third kappa shape index (κ3) is 25.7. The number of sulfonamides is 4. The molecule has 33 heteroatoms. The fraction of sp³-hybridized carbons (Fsp3) is 0.231. The van der Waals surface area contributed by atoms with Gasteiger partial charge in [0.05, 0.1) is 57.0 Å². The van der Waals surface area contributed by atoms with Crippen molar-refractivity contribution >= 4 is 135 Å². The normalized spacial score (nSPS) is 11.7. The molecule has 0 saturated carbocycles. The number of fused-ring (bicyclic) bond motifs is 4. The molecule has 8 N–H and O–H groups in total. The van der Waals surface area contributed by atoms with Crippen molar-refractivity contribution in [3.8, 4) is 23.0 Å². The summed E-state index contributed by atoms with van der Waals surface area (Å²) in [4.78, 5) is 61.5. The van der Waals surface area contributed by atoms with Crippen LogP contribution in [0.4, 0.5) is 13.2 Å². The molecule has 0 radical (unpaired) electrons. The second-order valence-electron chi connectivity index (χ2n) is 25.5. The number of aryl methyl sites for hydroxylation is 5.